The molecular formula is C5H5Cl2NS. The molecule has 0 spiro atoms. The lowest BCUT2D eigenvalue weighted by molar-refractivity contribution is 1.33. The highest BCUT2D eigenvalue weighted by atomic mass is 36.0. The van der Waals surface area contributed by atoms with Gasteiger partial charge in [-0.1, -0.05) is 6.07 Å². The molecule has 0 bridgehead atoms. The summed E-state index contributed by atoms with van der Waals surface area (Å²) in [5, 5.41) is 0. The molecule has 9 heavy (non-hydrogen) atoms. The molecule has 0 saturated heterocycles. The van der Waals surface area contributed by atoms with Gasteiger partial charge in [-0.25, -0.2) is 0 Å². The topological polar surface area (TPSA) is 12.9 Å². The highest BCUT2D eigenvalue weighted by Crippen LogP contribution is 2.08. The van der Waals surface area contributed by atoms with E-state index in [-0.39, 0.29) is 0 Å². The maximum atomic E-state index is 4.68. The Hall–Kier alpha value is 0.0800. The van der Waals surface area contributed by atoms with Crippen molar-refractivity contribution in [2.75, 3.05) is 0 Å². The van der Waals surface area contributed by atoms with E-state index in [2.05, 4.69) is 26.3 Å². The quantitative estimate of drug-likeness (QED) is 0.611. The number of aromatic nitrogens is 1. The summed E-state index contributed by atoms with van der Waals surface area (Å²) < 4.78 is 0. The van der Waals surface area contributed by atoms with Crippen LogP contribution in [0.25, 0.3) is 0 Å². The van der Waals surface area contributed by atoms with Crippen molar-refractivity contribution < 1.29 is 0 Å². The maximum absolute atomic E-state index is 4.68. The first-order chi connectivity index (χ1) is 4.41. The van der Waals surface area contributed by atoms with Crippen molar-refractivity contribution in [3.05, 3.63) is 30.6 Å². The van der Waals surface area contributed by atoms with Crippen LogP contribution in [0.5, 0.6) is 0 Å². The lowest BCUT2D eigenvalue weighted by atomic mass is 10.5. The summed E-state index contributed by atoms with van der Waals surface area (Å²) in [5.74, 6) is 0. The van der Waals surface area contributed by atoms with Gasteiger partial charge in [0, 0.05) is 12.4 Å². The molecule has 0 aliphatic rings. The largest absolute Gasteiger partial charge is 0.265 e. The average molecular weight is 182 g/mol. The van der Waals surface area contributed by atoms with Crippen molar-refractivity contribution in [2.45, 2.75) is 0 Å². The molecule has 0 aliphatic heterocycles. The summed E-state index contributed by atoms with van der Waals surface area (Å²) in [4.78, 5) is 3.78. The number of hydrogen-bond donors (Lipinski definition) is 0. The first-order valence-corrected chi connectivity index (χ1v) is 4.63. The minimum Gasteiger partial charge on any atom is -0.265 e. The summed E-state index contributed by atoms with van der Waals surface area (Å²) in [7, 11) is 10.1. The SMILES string of the molecule is ClSCl.c1ccncc1. The second kappa shape index (κ2) is 8.08. The van der Waals surface area contributed by atoms with Crippen LogP contribution in [0.1, 0.15) is 0 Å². The van der Waals surface area contributed by atoms with Gasteiger partial charge in [0.05, 0.1) is 10.2 Å². The molecule has 1 heterocycles. The van der Waals surface area contributed by atoms with Crippen LogP contribution in [0.15, 0.2) is 30.6 Å². The maximum Gasteiger partial charge on any atom is 0.0523 e. The van der Waals surface area contributed by atoms with E-state index in [0.717, 1.165) is 0 Å². The highest BCUT2D eigenvalue weighted by molar-refractivity contribution is 8.38. The molecule has 1 aromatic rings. The molecule has 1 aromatic heterocycles. The molecule has 0 aliphatic carbocycles. The Labute approximate surface area is 67.4 Å². The third-order valence-electron chi connectivity index (χ3n) is 0.566. The van der Waals surface area contributed by atoms with E-state index >= 15 is 0 Å². The Bertz CT molecular complexity index is 97.8. The lowest BCUT2D eigenvalue weighted by Gasteiger charge is -1.70. The Morgan fingerprint density at radius 3 is 1.56 bits per heavy atom. The van der Waals surface area contributed by atoms with Crippen molar-refractivity contribution in [3.8, 4) is 0 Å². The van der Waals surface area contributed by atoms with E-state index < -0.39 is 0 Å². The fourth-order valence-electron chi connectivity index (χ4n) is 0.313. The summed E-state index contributed by atoms with van der Waals surface area (Å²) in [6, 6.07) is 5.72. The van der Waals surface area contributed by atoms with E-state index in [9.17, 15) is 0 Å². The minimum atomic E-state index is 0.694. The highest BCUT2D eigenvalue weighted by Gasteiger charge is 1.58. The summed E-state index contributed by atoms with van der Waals surface area (Å²) in [6.45, 7) is 0. The van der Waals surface area contributed by atoms with Gasteiger partial charge in [-0.15, -0.1) is 0 Å². The van der Waals surface area contributed by atoms with Gasteiger partial charge in [0.15, 0.2) is 0 Å². The van der Waals surface area contributed by atoms with Gasteiger partial charge in [-0.05, 0) is 33.5 Å². The normalized spacial score (nSPS) is 7.33. The van der Waals surface area contributed by atoms with E-state index in [1.807, 2.05) is 18.2 Å². The van der Waals surface area contributed by atoms with Crippen LogP contribution in [0.2, 0.25) is 0 Å². The Balaban J connectivity index is 0.000000187. The van der Waals surface area contributed by atoms with Crippen LogP contribution in [0.3, 0.4) is 0 Å². The Morgan fingerprint density at radius 2 is 1.44 bits per heavy atom. The zero-order valence-electron chi connectivity index (χ0n) is 4.50. The second-order valence-corrected chi connectivity index (χ2v) is 2.60. The molecule has 50 valence electrons. The van der Waals surface area contributed by atoms with Gasteiger partial charge in [0.25, 0.3) is 0 Å². The second-order valence-electron chi connectivity index (χ2n) is 1.08. The number of nitrogens with zero attached hydrogens (tertiary/aromatic N) is 1. The van der Waals surface area contributed by atoms with Crippen molar-refractivity contribution >= 4 is 31.6 Å². The minimum absolute atomic E-state index is 0.694. The van der Waals surface area contributed by atoms with Crippen LogP contribution in [-0.4, -0.2) is 4.98 Å². The van der Waals surface area contributed by atoms with E-state index in [0.29, 0.717) is 10.2 Å². The lowest BCUT2D eigenvalue weighted by Crippen LogP contribution is -1.58. The Kier molecular flexibility index (Phi) is 8.15. The number of halogens is 2. The Morgan fingerprint density at radius 1 is 1.00 bits per heavy atom. The standard InChI is InChI=1S/C5H5N.Cl2S/c1-2-4-6-5-3-1;1-3-2/h1-5H;. The van der Waals surface area contributed by atoms with E-state index in [4.69, 9.17) is 0 Å². The average Bonchev–Trinajstić information content (AvgIpc) is 1.93. The number of hydrogen-bond acceptors (Lipinski definition) is 2. The molecule has 0 radical (unpaired) electrons. The van der Waals surface area contributed by atoms with E-state index in [1.165, 1.54) is 0 Å². The summed E-state index contributed by atoms with van der Waals surface area (Å²) in [5.41, 5.74) is 0. The molecule has 0 atom stereocenters. The van der Waals surface area contributed by atoms with Crippen molar-refractivity contribution in [1.82, 2.24) is 4.98 Å². The number of pyridine rings is 1. The zero-order chi connectivity index (χ0) is 6.95. The monoisotopic (exact) mass is 181 g/mol. The molecule has 1 rings (SSSR count). The van der Waals surface area contributed by atoms with Crippen LogP contribution in [0, 0.1) is 0 Å². The van der Waals surface area contributed by atoms with Gasteiger partial charge < -0.3 is 0 Å². The molecule has 0 amide bonds. The molecule has 0 N–H and O–H groups in total. The number of rotatable bonds is 0. The van der Waals surface area contributed by atoms with Crippen LogP contribution < -0.4 is 0 Å². The third-order valence-corrected chi connectivity index (χ3v) is 0.566. The molecule has 0 saturated carbocycles. The zero-order valence-corrected chi connectivity index (χ0v) is 6.83. The molecule has 0 fully saturated rings. The molecular weight excluding hydrogens is 177 g/mol. The van der Waals surface area contributed by atoms with Crippen molar-refractivity contribution in [3.63, 3.8) is 0 Å². The van der Waals surface area contributed by atoms with E-state index in [1.54, 1.807) is 12.4 Å². The predicted octanol–water partition coefficient (Wildman–Crippen LogP) is 3.11. The van der Waals surface area contributed by atoms with Gasteiger partial charge in [0.1, 0.15) is 0 Å². The van der Waals surface area contributed by atoms with Crippen molar-refractivity contribution in [2.24, 2.45) is 0 Å². The first kappa shape index (κ1) is 9.08. The fourth-order valence-corrected chi connectivity index (χ4v) is 0.313. The van der Waals surface area contributed by atoms with Gasteiger partial charge >= 0.3 is 0 Å². The predicted molar refractivity (Wildman–Crippen MR) is 43.5 cm³/mol. The molecule has 0 unspecified atom stereocenters. The van der Waals surface area contributed by atoms with Crippen LogP contribution in [0.4, 0.5) is 0 Å². The fraction of sp³-hybridized carbons (Fsp3) is 0. The van der Waals surface area contributed by atoms with Crippen molar-refractivity contribution in [1.29, 1.82) is 0 Å². The smallest absolute Gasteiger partial charge is 0.0523 e. The van der Waals surface area contributed by atoms with Gasteiger partial charge in [0.2, 0.25) is 0 Å². The van der Waals surface area contributed by atoms with Gasteiger partial charge in [-0.3, -0.25) is 4.98 Å². The summed E-state index contributed by atoms with van der Waals surface area (Å²) >= 11 is 0. The molecule has 1 nitrogen and oxygen atoms in total. The first-order valence-electron chi connectivity index (χ1n) is 2.16. The molecule has 0 aromatic carbocycles. The summed E-state index contributed by atoms with van der Waals surface area (Å²) in [6.07, 6.45) is 3.50. The van der Waals surface area contributed by atoms with Crippen LogP contribution in [-0.2, 0) is 0 Å². The molecule has 4 heteroatoms. The van der Waals surface area contributed by atoms with Crippen LogP contribution >= 0.6 is 31.6 Å². The van der Waals surface area contributed by atoms with Gasteiger partial charge in [-0.2, -0.15) is 0 Å². The third kappa shape index (κ3) is 8.08.